The molecule has 0 aliphatic rings. The number of hydrogen-bond donors (Lipinski definition) is 0. The summed E-state index contributed by atoms with van der Waals surface area (Å²) in [4.78, 5) is 0. The predicted molar refractivity (Wildman–Crippen MR) is 54.1 cm³/mol. The maximum Gasteiger partial charge on any atom is 0.0951 e. The average molecular weight is 170 g/mol. The Morgan fingerprint density at radius 2 is 1.67 bits per heavy atom. The van der Waals surface area contributed by atoms with Crippen LogP contribution in [0.2, 0.25) is 0 Å². The summed E-state index contributed by atoms with van der Waals surface area (Å²) in [5.41, 5.74) is 1.62. The number of hydrogen-bond acceptors (Lipinski definition) is 1. The third-order valence-electron chi connectivity index (χ3n) is 1.57. The zero-order chi connectivity index (χ0) is 9.78. The smallest absolute Gasteiger partial charge is 0.0951 e. The van der Waals surface area contributed by atoms with Crippen LogP contribution in [0.25, 0.3) is 0 Å². The third kappa shape index (κ3) is 5.22. The van der Waals surface area contributed by atoms with Crippen molar-refractivity contribution in [1.29, 1.82) is 0 Å². The Labute approximate surface area is 76.8 Å². The number of allylic oxidation sites excluding steroid dienone is 2. The van der Waals surface area contributed by atoms with Gasteiger partial charge in [0.05, 0.1) is 12.4 Å². The molecule has 0 amide bonds. The second-order valence-electron chi connectivity index (χ2n) is 4.59. The molecule has 1 heteroatoms. The molecule has 0 fully saturated rings. The fourth-order valence-corrected chi connectivity index (χ4v) is 1.03. The molecule has 12 heavy (non-hydrogen) atoms. The largest absolute Gasteiger partial charge is 0.498 e. The van der Waals surface area contributed by atoms with Gasteiger partial charge in [0.2, 0.25) is 0 Å². The van der Waals surface area contributed by atoms with Crippen molar-refractivity contribution < 1.29 is 4.74 Å². The van der Waals surface area contributed by atoms with Crippen molar-refractivity contribution in [2.45, 2.75) is 48.0 Å². The molecular formula is C11H22O. The quantitative estimate of drug-likeness (QED) is 0.586. The van der Waals surface area contributed by atoms with E-state index in [9.17, 15) is 0 Å². The van der Waals surface area contributed by atoms with Crippen LogP contribution in [-0.2, 0) is 4.74 Å². The van der Waals surface area contributed by atoms with E-state index in [0.717, 1.165) is 18.8 Å². The van der Waals surface area contributed by atoms with Gasteiger partial charge >= 0.3 is 0 Å². The normalized spacial score (nSPS) is 11.2. The maximum absolute atomic E-state index is 5.56. The molecule has 0 N–H and O–H groups in total. The highest BCUT2D eigenvalue weighted by Gasteiger charge is 2.14. The molecule has 0 heterocycles. The second kappa shape index (κ2) is 4.54. The molecular weight excluding hydrogens is 148 g/mol. The SMILES string of the molecule is CCOC(CC(C)(C)C)=C(C)C. The zero-order valence-corrected chi connectivity index (χ0v) is 9.32. The Kier molecular flexibility index (Phi) is 4.36. The van der Waals surface area contributed by atoms with Crippen LogP contribution in [0.1, 0.15) is 48.0 Å². The molecule has 0 bridgehead atoms. The molecule has 0 aliphatic heterocycles. The van der Waals surface area contributed by atoms with Gasteiger partial charge in [0.25, 0.3) is 0 Å². The summed E-state index contributed by atoms with van der Waals surface area (Å²) < 4.78 is 5.56. The predicted octanol–water partition coefficient (Wildman–Crippen LogP) is 3.75. The molecule has 0 aromatic rings. The van der Waals surface area contributed by atoms with Gasteiger partial charge in [-0.2, -0.15) is 0 Å². The van der Waals surface area contributed by atoms with Crippen molar-refractivity contribution >= 4 is 0 Å². The van der Waals surface area contributed by atoms with Crippen molar-refractivity contribution in [1.82, 2.24) is 0 Å². The van der Waals surface area contributed by atoms with Gasteiger partial charge < -0.3 is 4.74 Å². The lowest BCUT2D eigenvalue weighted by atomic mass is 9.90. The minimum Gasteiger partial charge on any atom is -0.498 e. The fourth-order valence-electron chi connectivity index (χ4n) is 1.03. The van der Waals surface area contributed by atoms with E-state index in [0.29, 0.717) is 5.41 Å². The van der Waals surface area contributed by atoms with Crippen LogP contribution < -0.4 is 0 Å². The van der Waals surface area contributed by atoms with Crippen molar-refractivity contribution in [3.8, 4) is 0 Å². The third-order valence-corrected chi connectivity index (χ3v) is 1.57. The highest BCUT2D eigenvalue weighted by molar-refractivity contribution is 5.04. The van der Waals surface area contributed by atoms with Crippen LogP contribution >= 0.6 is 0 Å². The molecule has 0 atom stereocenters. The molecule has 0 aliphatic carbocycles. The van der Waals surface area contributed by atoms with E-state index in [-0.39, 0.29) is 0 Å². The van der Waals surface area contributed by atoms with Crippen LogP contribution in [0.15, 0.2) is 11.3 Å². The Balaban J connectivity index is 4.26. The van der Waals surface area contributed by atoms with E-state index < -0.39 is 0 Å². The summed E-state index contributed by atoms with van der Waals surface area (Å²) in [7, 11) is 0. The minimum atomic E-state index is 0.321. The first-order valence-electron chi connectivity index (χ1n) is 4.66. The first-order chi connectivity index (χ1) is 5.37. The Bertz CT molecular complexity index is 156. The lowest BCUT2D eigenvalue weighted by molar-refractivity contribution is 0.188. The maximum atomic E-state index is 5.56. The fraction of sp³-hybridized carbons (Fsp3) is 0.818. The molecule has 0 radical (unpaired) electrons. The van der Waals surface area contributed by atoms with Gasteiger partial charge in [0.1, 0.15) is 0 Å². The highest BCUT2D eigenvalue weighted by Crippen LogP contribution is 2.26. The molecule has 0 aromatic heterocycles. The van der Waals surface area contributed by atoms with Gasteiger partial charge in [-0.3, -0.25) is 0 Å². The van der Waals surface area contributed by atoms with Crippen molar-refractivity contribution in [2.24, 2.45) is 5.41 Å². The Morgan fingerprint density at radius 1 is 1.17 bits per heavy atom. The molecule has 0 saturated heterocycles. The molecule has 0 aromatic carbocycles. The average Bonchev–Trinajstić information content (AvgIpc) is 1.83. The van der Waals surface area contributed by atoms with E-state index in [1.165, 1.54) is 5.57 Å². The van der Waals surface area contributed by atoms with E-state index in [1.54, 1.807) is 0 Å². The lowest BCUT2D eigenvalue weighted by Gasteiger charge is -2.21. The van der Waals surface area contributed by atoms with Gasteiger partial charge in [0, 0.05) is 6.42 Å². The first-order valence-corrected chi connectivity index (χ1v) is 4.66. The van der Waals surface area contributed by atoms with Gasteiger partial charge in [0.15, 0.2) is 0 Å². The molecule has 1 nitrogen and oxygen atoms in total. The minimum absolute atomic E-state index is 0.321. The molecule has 72 valence electrons. The topological polar surface area (TPSA) is 9.23 Å². The standard InChI is InChI=1S/C11H22O/c1-7-12-10(9(2)3)8-11(4,5)6/h7-8H2,1-6H3. The van der Waals surface area contributed by atoms with Crippen LogP contribution in [0.4, 0.5) is 0 Å². The van der Waals surface area contributed by atoms with Gasteiger partial charge in [-0.15, -0.1) is 0 Å². The van der Waals surface area contributed by atoms with E-state index in [2.05, 4.69) is 34.6 Å². The molecule has 0 saturated carbocycles. The monoisotopic (exact) mass is 170 g/mol. The molecule has 0 spiro atoms. The van der Waals surface area contributed by atoms with Crippen molar-refractivity contribution in [3.63, 3.8) is 0 Å². The molecule has 0 unspecified atom stereocenters. The summed E-state index contributed by atoms with van der Waals surface area (Å²) in [6, 6.07) is 0. The second-order valence-corrected chi connectivity index (χ2v) is 4.59. The number of rotatable bonds is 3. The zero-order valence-electron chi connectivity index (χ0n) is 9.32. The summed E-state index contributed by atoms with van der Waals surface area (Å²) >= 11 is 0. The van der Waals surface area contributed by atoms with Crippen LogP contribution in [0.5, 0.6) is 0 Å². The summed E-state index contributed by atoms with van der Waals surface area (Å²) in [6.45, 7) is 13.7. The van der Waals surface area contributed by atoms with Crippen LogP contribution in [0, 0.1) is 5.41 Å². The van der Waals surface area contributed by atoms with E-state index >= 15 is 0 Å². The van der Waals surface area contributed by atoms with Gasteiger partial charge in [-0.05, 0) is 31.8 Å². The number of ether oxygens (including phenoxy) is 1. The van der Waals surface area contributed by atoms with Crippen LogP contribution in [0.3, 0.4) is 0 Å². The van der Waals surface area contributed by atoms with E-state index in [1.807, 2.05) is 6.92 Å². The van der Waals surface area contributed by atoms with Crippen molar-refractivity contribution in [3.05, 3.63) is 11.3 Å². The summed E-state index contributed by atoms with van der Waals surface area (Å²) in [6.07, 6.45) is 1.03. The van der Waals surface area contributed by atoms with Crippen molar-refractivity contribution in [2.75, 3.05) is 6.61 Å². The Hall–Kier alpha value is -0.460. The van der Waals surface area contributed by atoms with Gasteiger partial charge in [-0.1, -0.05) is 20.8 Å². The summed E-state index contributed by atoms with van der Waals surface area (Å²) in [5, 5.41) is 0. The molecule has 0 rings (SSSR count). The van der Waals surface area contributed by atoms with Gasteiger partial charge in [-0.25, -0.2) is 0 Å². The van der Waals surface area contributed by atoms with Crippen LogP contribution in [-0.4, -0.2) is 6.61 Å². The Morgan fingerprint density at radius 3 is 1.92 bits per heavy atom. The highest BCUT2D eigenvalue weighted by atomic mass is 16.5. The lowest BCUT2D eigenvalue weighted by Crippen LogP contribution is -2.09. The summed E-state index contributed by atoms with van der Waals surface area (Å²) in [5.74, 6) is 1.16. The first kappa shape index (κ1) is 11.5. The van der Waals surface area contributed by atoms with E-state index in [4.69, 9.17) is 4.74 Å².